The van der Waals surface area contributed by atoms with Gasteiger partial charge >= 0.3 is 0 Å². The Hall–Kier alpha value is -2.88. The molecular formula is C20H17Cl2N3O3. The molecule has 3 rings (SSSR count). The summed E-state index contributed by atoms with van der Waals surface area (Å²) in [5.41, 5.74) is 2.07. The number of benzene rings is 1. The molecule has 0 spiro atoms. The highest BCUT2D eigenvalue weighted by atomic mass is 35.5. The zero-order valence-corrected chi connectivity index (χ0v) is 16.8. The lowest BCUT2D eigenvalue weighted by atomic mass is 10.2. The number of anilines is 1. The molecule has 3 aromatic rings. The largest absolute Gasteiger partial charge is 0.482 e. The van der Waals surface area contributed by atoms with Crippen LogP contribution in [0, 0.1) is 25.2 Å². The Balaban J connectivity index is 1.79. The molecule has 6 nitrogen and oxygen atoms in total. The molecule has 28 heavy (non-hydrogen) atoms. The molecule has 1 amide bonds. The molecule has 0 aliphatic rings. The molecule has 0 atom stereocenters. The fourth-order valence-corrected chi connectivity index (χ4v) is 3.25. The molecule has 0 fully saturated rings. The van der Waals surface area contributed by atoms with Crippen molar-refractivity contribution in [2.24, 2.45) is 0 Å². The number of hydrogen-bond donors (Lipinski definition) is 1. The number of hydrogen-bond acceptors (Lipinski definition) is 4. The molecule has 0 bridgehead atoms. The van der Waals surface area contributed by atoms with E-state index in [4.69, 9.17) is 32.4 Å². The third kappa shape index (κ3) is 4.16. The Morgan fingerprint density at radius 2 is 2.11 bits per heavy atom. The predicted octanol–water partition coefficient (Wildman–Crippen LogP) is 4.94. The van der Waals surface area contributed by atoms with E-state index in [1.54, 1.807) is 24.5 Å². The minimum atomic E-state index is -0.416. The van der Waals surface area contributed by atoms with E-state index in [2.05, 4.69) is 11.4 Å². The highest BCUT2D eigenvalue weighted by molar-refractivity contribution is 6.35. The maximum Gasteiger partial charge on any atom is 0.263 e. The fraction of sp³-hybridized carbons (Fsp3) is 0.200. The van der Waals surface area contributed by atoms with E-state index in [0.29, 0.717) is 39.5 Å². The Labute approximate surface area is 172 Å². The Kier molecular flexibility index (Phi) is 5.98. The summed E-state index contributed by atoms with van der Waals surface area (Å²) >= 11 is 11.9. The molecular weight excluding hydrogens is 401 g/mol. The first-order valence-electron chi connectivity index (χ1n) is 8.40. The van der Waals surface area contributed by atoms with E-state index in [0.717, 1.165) is 11.3 Å². The van der Waals surface area contributed by atoms with Crippen molar-refractivity contribution in [2.45, 2.75) is 20.4 Å². The zero-order chi connectivity index (χ0) is 20.3. The van der Waals surface area contributed by atoms with Crippen LogP contribution in [0.1, 0.15) is 22.6 Å². The van der Waals surface area contributed by atoms with Gasteiger partial charge in [-0.1, -0.05) is 23.2 Å². The highest BCUT2D eigenvalue weighted by Crippen LogP contribution is 2.29. The second-order valence-electron chi connectivity index (χ2n) is 6.12. The molecule has 0 unspecified atom stereocenters. The van der Waals surface area contributed by atoms with Gasteiger partial charge in [0.25, 0.3) is 5.91 Å². The van der Waals surface area contributed by atoms with Gasteiger partial charge in [0.15, 0.2) is 6.61 Å². The minimum absolute atomic E-state index is 0.268. The van der Waals surface area contributed by atoms with Crippen LogP contribution in [0.4, 0.5) is 5.82 Å². The molecule has 1 aromatic carbocycles. The van der Waals surface area contributed by atoms with Crippen molar-refractivity contribution in [1.29, 1.82) is 5.26 Å². The van der Waals surface area contributed by atoms with Crippen LogP contribution in [-0.4, -0.2) is 17.1 Å². The van der Waals surface area contributed by atoms with E-state index >= 15 is 0 Å². The number of nitrogens with one attached hydrogen (secondary N) is 1. The predicted molar refractivity (Wildman–Crippen MR) is 107 cm³/mol. The maximum absolute atomic E-state index is 12.5. The number of carbonyl (C=O) groups is 1. The van der Waals surface area contributed by atoms with Gasteiger partial charge in [0.1, 0.15) is 23.4 Å². The van der Waals surface area contributed by atoms with Crippen LogP contribution in [0.15, 0.2) is 41.0 Å². The summed E-state index contributed by atoms with van der Waals surface area (Å²) in [6.07, 6.45) is 1.58. The van der Waals surface area contributed by atoms with Crippen LogP contribution >= 0.6 is 23.2 Å². The SMILES string of the molecule is Cc1c(C#N)c(NC(=O)COc2ccc(Cl)cc2Cl)n(Cc2ccco2)c1C. The molecule has 0 aliphatic carbocycles. The minimum Gasteiger partial charge on any atom is -0.482 e. The first kappa shape index (κ1) is 19.9. The van der Waals surface area contributed by atoms with Gasteiger partial charge < -0.3 is 19.0 Å². The number of rotatable bonds is 6. The first-order chi connectivity index (χ1) is 13.4. The van der Waals surface area contributed by atoms with Crippen molar-refractivity contribution in [1.82, 2.24) is 4.57 Å². The van der Waals surface area contributed by atoms with Crippen molar-refractivity contribution in [3.63, 3.8) is 0 Å². The number of aromatic nitrogens is 1. The van der Waals surface area contributed by atoms with Crippen LogP contribution in [0.2, 0.25) is 10.0 Å². The third-order valence-corrected chi connectivity index (χ3v) is 4.88. The van der Waals surface area contributed by atoms with Crippen LogP contribution < -0.4 is 10.1 Å². The van der Waals surface area contributed by atoms with E-state index in [1.807, 2.05) is 24.5 Å². The van der Waals surface area contributed by atoms with Gasteiger partial charge in [-0.2, -0.15) is 5.26 Å². The average molecular weight is 418 g/mol. The van der Waals surface area contributed by atoms with Gasteiger partial charge in [-0.3, -0.25) is 4.79 Å². The number of carbonyl (C=O) groups excluding carboxylic acids is 1. The monoisotopic (exact) mass is 417 g/mol. The van der Waals surface area contributed by atoms with E-state index < -0.39 is 5.91 Å². The van der Waals surface area contributed by atoms with Gasteiger partial charge in [-0.25, -0.2) is 0 Å². The molecule has 0 saturated heterocycles. The summed E-state index contributed by atoms with van der Waals surface area (Å²) in [6.45, 7) is 3.85. The maximum atomic E-state index is 12.5. The van der Waals surface area contributed by atoms with Gasteiger partial charge in [0, 0.05) is 10.7 Å². The third-order valence-electron chi connectivity index (χ3n) is 4.35. The van der Waals surface area contributed by atoms with Crippen molar-refractivity contribution >= 4 is 34.9 Å². The standard InChI is InChI=1S/C20H17Cl2N3O3/c1-12-13(2)25(10-15-4-3-7-27-15)20(16(12)9-23)24-19(26)11-28-18-6-5-14(21)8-17(18)22/h3-8H,10-11H2,1-2H3,(H,24,26). The number of nitrogens with zero attached hydrogens (tertiary/aromatic N) is 2. The molecule has 0 saturated carbocycles. The number of amides is 1. The summed E-state index contributed by atoms with van der Waals surface area (Å²) in [4.78, 5) is 12.5. The van der Waals surface area contributed by atoms with Crippen LogP contribution in [0.5, 0.6) is 5.75 Å². The lowest BCUT2D eigenvalue weighted by Gasteiger charge is -2.13. The summed E-state index contributed by atoms with van der Waals surface area (Å²) in [7, 11) is 0. The number of nitriles is 1. The quantitative estimate of drug-likeness (QED) is 0.615. The second kappa shape index (κ2) is 8.42. The lowest BCUT2D eigenvalue weighted by Crippen LogP contribution is -2.23. The molecule has 2 aromatic heterocycles. The number of ether oxygens (including phenoxy) is 1. The normalized spacial score (nSPS) is 10.5. The second-order valence-corrected chi connectivity index (χ2v) is 6.97. The first-order valence-corrected chi connectivity index (χ1v) is 9.16. The Bertz CT molecular complexity index is 1050. The molecule has 0 aliphatic heterocycles. The average Bonchev–Trinajstić information content (AvgIpc) is 3.24. The van der Waals surface area contributed by atoms with E-state index in [9.17, 15) is 10.1 Å². The van der Waals surface area contributed by atoms with Gasteiger partial charge in [0.2, 0.25) is 0 Å². The van der Waals surface area contributed by atoms with Gasteiger partial charge in [0.05, 0.1) is 23.4 Å². The summed E-state index contributed by atoms with van der Waals surface area (Å²) in [5.74, 6) is 1.05. The van der Waals surface area contributed by atoms with Crippen LogP contribution in [0.3, 0.4) is 0 Å². The Morgan fingerprint density at radius 3 is 2.75 bits per heavy atom. The van der Waals surface area contributed by atoms with Crippen LogP contribution in [0.25, 0.3) is 0 Å². The molecule has 0 radical (unpaired) electrons. The van der Waals surface area contributed by atoms with Crippen molar-refractivity contribution in [3.8, 4) is 11.8 Å². The zero-order valence-electron chi connectivity index (χ0n) is 15.3. The molecule has 1 N–H and O–H groups in total. The number of halogens is 2. The van der Waals surface area contributed by atoms with Crippen molar-refractivity contribution in [3.05, 3.63) is 69.2 Å². The smallest absolute Gasteiger partial charge is 0.263 e. The summed E-state index contributed by atoms with van der Waals surface area (Å²) in [5, 5.41) is 13.1. The van der Waals surface area contributed by atoms with E-state index in [1.165, 1.54) is 6.07 Å². The summed E-state index contributed by atoms with van der Waals surface area (Å²) in [6, 6.07) is 10.5. The molecule has 8 heteroatoms. The molecule has 144 valence electrons. The molecule has 2 heterocycles. The topological polar surface area (TPSA) is 80.2 Å². The van der Waals surface area contributed by atoms with E-state index in [-0.39, 0.29) is 6.61 Å². The summed E-state index contributed by atoms with van der Waals surface area (Å²) < 4.78 is 12.7. The van der Waals surface area contributed by atoms with Crippen molar-refractivity contribution < 1.29 is 13.9 Å². The van der Waals surface area contributed by atoms with Crippen LogP contribution in [-0.2, 0) is 11.3 Å². The van der Waals surface area contributed by atoms with Crippen molar-refractivity contribution in [2.75, 3.05) is 11.9 Å². The lowest BCUT2D eigenvalue weighted by molar-refractivity contribution is -0.118. The fourth-order valence-electron chi connectivity index (χ4n) is 2.79. The number of furan rings is 1. The highest BCUT2D eigenvalue weighted by Gasteiger charge is 2.20. The van der Waals surface area contributed by atoms with Gasteiger partial charge in [-0.15, -0.1) is 0 Å². The Morgan fingerprint density at radius 1 is 1.32 bits per heavy atom. The van der Waals surface area contributed by atoms with Gasteiger partial charge in [-0.05, 0) is 49.7 Å².